The van der Waals surface area contributed by atoms with E-state index >= 15 is 0 Å². The van der Waals surface area contributed by atoms with Crippen molar-refractivity contribution in [2.45, 2.75) is 26.6 Å². The lowest BCUT2D eigenvalue weighted by Crippen LogP contribution is -2.20. The third-order valence-electron chi connectivity index (χ3n) is 1.99. The van der Waals surface area contributed by atoms with E-state index in [-0.39, 0.29) is 0 Å². The smallest absolute Gasteiger partial charge is 0.162 e. The first-order valence-corrected chi connectivity index (χ1v) is 5.58. The van der Waals surface area contributed by atoms with Crippen LogP contribution in [0.15, 0.2) is 10.6 Å². The summed E-state index contributed by atoms with van der Waals surface area (Å²) in [5.41, 5.74) is 0.808. The first-order valence-electron chi connectivity index (χ1n) is 5.58. The second-order valence-corrected chi connectivity index (χ2v) is 3.52. The summed E-state index contributed by atoms with van der Waals surface area (Å²) in [7, 11) is 1.62. The summed E-state index contributed by atoms with van der Waals surface area (Å²) in [5.74, 6) is 0.727. The second kappa shape index (κ2) is 8.27. The van der Waals surface area contributed by atoms with E-state index in [0.29, 0.717) is 19.8 Å². The molecule has 0 aliphatic carbocycles. The minimum atomic E-state index is 0.449. The molecule has 0 bridgehead atoms. The number of rotatable bonds is 9. The normalized spacial score (nSPS) is 10.9. The quantitative estimate of drug-likeness (QED) is 0.646. The van der Waals surface area contributed by atoms with E-state index in [1.54, 1.807) is 7.11 Å². The maximum atomic E-state index is 5.43. The summed E-state index contributed by atoms with van der Waals surface area (Å²) in [6.07, 6.45) is 1.14. The zero-order valence-electron chi connectivity index (χ0n) is 9.99. The number of nitrogens with one attached hydrogen (secondary N) is 1. The lowest BCUT2D eigenvalue weighted by molar-refractivity contribution is 0.117. The lowest BCUT2D eigenvalue weighted by Gasteiger charge is -2.02. The van der Waals surface area contributed by atoms with Gasteiger partial charge in [0.2, 0.25) is 0 Å². The lowest BCUT2D eigenvalue weighted by atomic mass is 10.4. The van der Waals surface area contributed by atoms with E-state index < -0.39 is 0 Å². The Morgan fingerprint density at radius 2 is 2.25 bits per heavy atom. The Morgan fingerprint density at radius 1 is 1.38 bits per heavy atom. The van der Waals surface area contributed by atoms with E-state index in [0.717, 1.165) is 31.0 Å². The summed E-state index contributed by atoms with van der Waals surface area (Å²) in [6, 6.07) is 1.85. The molecule has 16 heavy (non-hydrogen) atoms. The largest absolute Gasteiger partial charge is 0.377 e. The molecule has 0 spiro atoms. The monoisotopic (exact) mass is 228 g/mol. The van der Waals surface area contributed by atoms with Crippen LogP contribution in [0.1, 0.15) is 24.8 Å². The number of ether oxygens (including phenoxy) is 2. The van der Waals surface area contributed by atoms with Crippen molar-refractivity contribution in [3.8, 4) is 0 Å². The first-order chi connectivity index (χ1) is 7.86. The average Bonchev–Trinajstić information content (AvgIpc) is 2.72. The molecule has 0 aromatic carbocycles. The molecule has 0 aliphatic rings. The fourth-order valence-corrected chi connectivity index (χ4v) is 1.26. The van der Waals surface area contributed by atoms with Crippen molar-refractivity contribution in [1.29, 1.82) is 0 Å². The Morgan fingerprint density at radius 3 is 3.00 bits per heavy atom. The topological polar surface area (TPSA) is 56.5 Å². The molecule has 1 aromatic heterocycles. The van der Waals surface area contributed by atoms with Crippen LogP contribution in [0.4, 0.5) is 0 Å². The number of aromatic nitrogens is 1. The number of methoxy groups -OCH3 is 1. The predicted octanol–water partition coefficient (Wildman–Crippen LogP) is 1.34. The SMILES string of the molecule is CCCNCCOCc1cc(COC)on1. The predicted molar refractivity (Wildman–Crippen MR) is 60.0 cm³/mol. The van der Waals surface area contributed by atoms with Gasteiger partial charge in [-0.05, 0) is 13.0 Å². The van der Waals surface area contributed by atoms with Crippen molar-refractivity contribution in [2.75, 3.05) is 26.8 Å². The summed E-state index contributed by atoms with van der Waals surface area (Å²) in [6.45, 7) is 5.67. The highest BCUT2D eigenvalue weighted by atomic mass is 16.5. The molecule has 92 valence electrons. The summed E-state index contributed by atoms with van der Waals surface area (Å²) >= 11 is 0. The minimum absolute atomic E-state index is 0.449. The van der Waals surface area contributed by atoms with Crippen molar-refractivity contribution in [3.63, 3.8) is 0 Å². The van der Waals surface area contributed by atoms with Crippen LogP contribution < -0.4 is 5.32 Å². The molecule has 1 heterocycles. The van der Waals surface area contributed by atoms with Crippen molar-refractivity contribution in [2.24, 2.45) is 0 Å². The van der Waals surface area contributed by atoms with Crippen molar-refractivity contribution in [3.05, 3.63) is 17.5 Å². The molecular weight excluding hydrogens is 208 g/mol. The van der Waals surface area contributed by atoms with Gasteiger partial charge >= 0.3 is 0 Å². The number of nitrogens with zero attached hydrogens (tertiary/aromatic N) is 1. The molecule has 0 unspecified atom stereocenters. The standard InChI is InChI=1S/C11H20N2O3/c1-3-4-12-5-6-15-8-10-7-11(9-14-2)16-13-10/h7,12H,3-6,8-9H2,1-2H3. The van der Waals surface area contributed by atoms with Gasteiger partial charge in [0.05, 0.1) is 13.2 Å². The van der Waals surface area contributed by atoms with Gasteiger partial charge in [-0.15, -0.1) is 0 Å². The molecule has 0 saturated heterocycles. The minimum Gasteiger partial charge on any atom is -0.377 e. The zero-order chi connectivity index (χ0) is 11.6. The van der Waals surface area contributed by atoms with Crippen LogP contribution in [0.5, 0.6) is 0 Å². The Balaban J connectivity index is 2.07. The van der Waals surface area contributed by atoms with Crippen LogP contribution in [-0.4, -0.2) is 32.0 Å². The van der Waals surface area contributed by atoms with Crippen LogP contribution in [0.25, 0.3) is 0 Å². The maximum absolute atomic E-state index is 5.43. The van der Waals surface area contributed by atoms with Gasteiger partial charge in [0.25, 0.3) is 0 Å². The molecule has 1 rings (SSSR count). The molecule has 0 atom stereocenters. The molecule has 0 saturated carbocycles. The van der Waals surface area contributed by atoms with Crippen molar-refractivity contribution in [1.82, 2.24) is 10.5 Å². The number of hydrogen-bond acceptors (Lipinski definition) is 5. The fourth-order valence-electron chi connectivity index (χ4n) is 1.26. The van der Waals surface area contributed by atoms with Crippen LogP contribution >= 0.6 is 0 Å². The third-order valence-corrected chi connectivity index (χ3v) is 1.99. The van der Waals surface area contributed by atoms with Gasteiger partial charge in [-0.1, -0.05) is 12.1 Å². The Bertz CT molecular complexity index is 276. The molecule has 0 aliphatic heterocycles. The summed E-state index contributed by atoms with van der Waals surface area (Å²) in [5, 5.41) is 7.13. The van der Waals surface area contributed by atoms with E-state index in [2.05, 4.69) is 17.4 Å². The Kier molecular flexibility index (Phi) is 6.80. The third kappa shape index (κ3) is 5.25. The van der Waals surface area contributed by atoms with Crippen LogP contribution in [0.3, 0.4) is 0 Å². The van der Waals surface area contributed by atoms with Gasteiger partial charge in [0.1, 0.15) is 12.3 Å². The fraction of sp³-hybridized carbons (Fsp3) is 0.727. The number of hydrogen-bond donors (Lipinski definition) is 1. The van der Waals surface area contributed by atoms with Crippen LogP contribution in [-0.2, 0) is 22.7 Å². The average molecular weight is 228 g/mol. The van der Waals surface area contributed by atoms with E-state index in [1.807, 2.05) is 6.07 Å². The highest BCUT2D eigenvalue weighted by molar-refractivity contribution is 5.03. The highest BCUT2D eigenvalue weighted by Crippen LogP contribution is 2.05. The van der Waals surface area contributed by atoms with Gasteiger partial charge in [0, 0.05) is 19.7 Å². The Labute approximate surface area is 96.1 Å². The van der Waals surface area contributed by atoms with E-state index in [4.69, 9.17) is 14.0 Å². The van der Waals surface area contributed by atoms with Gasteiger partial charge in [0.15, 0.2) is 5.76 Å². The van der Waals surface area contributed by atoms with Gasteiger partial charge in [-0.3, -0.25) is 0 Å². The Hall–Kier alpha value is -0.910. The first kappa shape index (κ1) is 13.2. The van der Waals surface area contributed by atoms with Crippen molar-refractivity contribution >= 4 is 0 Å². The van der Waals surface area contributed by atoms with E-state index in [9.17, 15) is 0 Å². The molecular formula is C11H20N2O3. The van der Waals surface area contributed by atoms with Crippen LogP contribution in [0.2, 0.25) is 0 Å². The van der Waals surface area contributed by atoms with E-state index in [1.165, 1.54) is 0 Å². The molecule has 5 nitrogen and oxygen atoms in total. The zero-order valence-corrected chi connectivity index (χ0v) is 9.99. The van der Waals surface area contributed by atoms with Crippen molar-refractivity contribution < 1.29 is 14.0 Å². The summed E-state index contributed by atoms with van der Waals surface area (Å²) in [4.78, 5) is 0. The molecule has 1 N–H and O–H groups in total. The molecule has 0 amide bonds. The molecule has 5 heteroatoms. The van der Waals surface area contributed by atoms with Gasteiger partial charge in [-0.25, -0.2) is 0 Å². The summed E-state index contributed by atoms with van der Waals surface area (Å²) < 4.78 is 15.4. The molecule has 1 aromatic rings. The van der Waals surface area contributed by atoms with Gasteiger partial charge < -0.3 is 19.3 Å². The molecule has 0 radical (unpaired) electrons. The van der Waals surface area contributed by atoms with Crippen LogP contribution in [0, 0.1) is 0 Å². The van der Waals surface area contributed by atoms with Gasteiger partial charge in [-0.2, -0.15) is 0 Å². The second-order valence-electron chi connectivity index (χ2n) is 3.52. The highest BCUT2D eigenvalue weighted by Gasteiger charge is 2.03. The maximum Gasteiger partial charge on any atom is 0.162 e. The molecule has 0 fully saturated rings.